The topological polar surface area (TPSA) is 118 Å². The molecule has 3 rings (SSSR count). The number of hydrogen-bond donors (Lipinski definition) is 3. The Morgan fingerprint density at radius 3 is 2.27 bits per heavy atom. The third kappa shape index (κ3) is 4.97. The zero-order valence-corrected chi connectivity index (χ0v) is 19.1. The standard InChI is InChI=1S/C24H28FN3O5/c1-12-11-17(9-10-18(12)25)27-22(30)19-13(2)20(28(4)14(19)3)21(29)23(31)26-16-7-5-15(6-8-16)24(32)33/h9-11,15-16H,5-8H2,1-4H3,(H,26,31)(H,27,30)(H,32,33)/t15-,16+. The summed E-state index contributed by atoms with van der Waals surface area (Å²) in [6.07, 6.45) is 1.88. The number of anilines is 1. The molecule has 9 heteroatoms. The van der Waals surface area contributed by atoms with Crippen molar-refractivity contribution < 1.29 is 28.7 Å². The number of hydrogen-bond acceptors (Lipinski definition) is 4. The number of rotatable bonds is 6. The molecule has 1 aliphatic carbocycles. The molecule has 0 saturated heterocycles. The van der Waals surface area contributed by atoms with Crippen molar-refractivity contribution in [1.82, 2.24) is 9.88 Å². The smallest absolute Gasteiger partial charge is 0.306 e. The summed E-state index contributed by atoms with van der Waals surface area (Å²) in [7, 11) is 1.61. The minimum absolute atomic E-state index is 0.115. The second-order valence-electron chi connectivity index (χ2n) is 8.60. The molecule has 1 aliphatic rings. The first-order valence-corrected chi connectivity index (χ1v) is 10.8. The van der Waals surface area contributed by atoms with Crippen LogP contribution in [0.5, 0.6) is 0 Å². The van der Waals surface area contributed by atoms with Gasteiger partial charge in [-0.05, 0) is 75.8 Å². The monoisotopic (exact) mass is 457 g/mol. The van der Waals surface area contributed by atoms with Crippen LogP contribution in [0.15, 0.2) is 18.2 Å². The molecule has 1 aromatic heterocycles. The fourth-order valence-electron chi connectivity index (χ4n) is 4.39. The predicted octanol–water partition coefficient (Wildman–Crippen LogP) is 3.28. The lowest BCUT2D eigenvalue weighted by Crippen LogP contribution is -2.42. The summed E-state index contributed by atoms with van der Waals surface area (Å²) < 4.78 is 15.0. The molecule has 2 amide bonds. The van der Waals surface area contributed by atoms with E-state index in [0.717, 1.165) is 0 Å². The van der Waals surface area contributed by atoms with Crippen molar-refractivity contribution >= 4 is 29.3 Å². The zero-order valence-electron chi connectivity index (χ0n) is 19.1. The van der Waals surface area contributed by atoms with Gasteiger partial charge < -0.3 is 20.3 Å². The van der Waals surface area contributed by atoms with Crippen LogP contribution in [0.25, 0.3) is 0 Å². The van der Waals surface area contributed by atoms with E-state index in [1.165, 1.54) is 22.8 Å². The summed E-state index contributed by atoms with van der Waals surface area (Å²) >= 11 is 0. The number of carboxylic acids is 1. The molecular weight excluding hydrogens is 429 g/mol. The molecule has 3 N–H and O–H groups in total. The average molecular weight is 458 g/mol. The molecule has 8 nitrogen and oxygen atoms in total. The fraction of sp³-hybridized carbons (Fsp3) is 0.417. The number of nitrogens with one attached hydrogen (secondary N) is 2. The molecule has 33 heavy (non-hydrogen) atoms. The number of carboxylic acid groups (broad SMARTS) is 1. The van der Waals surface area contributed by atoms with Crippen molar-refractivity contribution in [3.8, 4) is 0 Å². The second kappa shape index (κ2) is 9.56. The molecule has 176 valence electrons. The lowest BCUT2D eigenvalue weighted by Gasteiger charge is -2.26. The maximum absolute atomic E-state index is 13.5. The van der Waals surface area contributed by atoms with Crippen molar-refractivity contribution in [2.75, 3.05) is 5.32 Å². The number of aromatic nitrogens is 1. The molecule has 2 aromatic rings. The van der Waals surface area contributed by atoms with Crippen LogP contribution < -0.4 is 10.6 Å². The van der Waals surface area contributed by atoms with Crippen molar-refractivity contribution in [3.63, 3.8) is 0 Å². The van der Waals surface area contributed by atoms with Crippen molar-refractivity contribution in [2.24, 2.45) is 13.0 Å². The van der Waals surface area contributed by atoms with E-state index in [1.54, 1.807) is 27.8 Å². The molecule has 0 aliphatic heterocycles. The molecule has 0 atom stereocenters. The van der Waals surface area contributed by atoms with Crippen LogP contribution in [-0.4, -0.2) is 39.3 Å². The molecule has 1 aromatic carbocycles. The maximum Gasteiger partial charge on any atom is 0.306 e. The van der Waals surface area contributed by atoms with Crippen LogP contribution in [-0.2, 0) is 16.6 Å². The molecule has 0 radical (unpaired) electrons. The highest BCUT2D eigenvalue weighted by Gasteiger charge is 2.31. The Bertz CT molecular complexity index is 1130. The van der Waals surface area contributed by atoms with Gasteiger partial charge in [-0.15, -0.1) is 0 Å². The van der Waals surface area contributed by atoms with E-state index in [0.29, 0.717) is 48.2 Å². The Balaban J connectivity index is 1.76. The molecule has 1 fully saturated rings. The number of nitrogens with zero attached hydrogens (tertiary/aromatic N) is 1. The van der Waals surface area contributed by atoms with E-state index in [4.69, 9.17) is 5.11 Å². The number of amides is 2. The number of benzene rings is 1. The van der Waals surface area contributed by atoms with Gasteiger partial charge in [-0.1, -0.05) is 0 Å². The predicted molar refractivity (Wildman–Crippen MR) is 120 cm³/mol. The van der Waals surface area contributed by atoms with Gasteiger partial charge in [0.15, 0.2) is 0 Å². The Hall–Kier alpha value is -3.49. The number of aryl methyl sites for hydroxylation is 1. The Morgan fingerprint density at radius 2 is 1.70 bits per heavy atom. The highest BCUT2D eigenvalue weighted by atomic mass is 19.1. The van der Waals surface area contributed by atoms with Crippen LogP contribution >= 0.6 is 0 Å². The summed E-state index contributed by atoms with van der Waals surface area (Å²) in [6.45, 7) is 4.88. The second-order valence-corrected chi connectivity index (χ2v) is 8.60. The van der Waals surface area contributed by atoms with Crippen LogP contribution in [0.2, 0.25) is 0 Å². The Kier molecular flexibility index (Phi) is 7.00. The first kappa shape index (κ1) is 24.2. The van der Waals surface area contributed by atoms with Crippen LogP contribution in [0, 0.1) is 32.5 Å². The number of ketones is 1. The lowest BCUT2D eigenvalue weighted by atomic mass is 9.86. The van der Waals surface area contributed by atoms with Gasteiger partial charge in [-0.2, -0.15) is 0 Å². The van der Waals surface area contributed by atoms with E-state index < -0.39 is 29.5 Å². The summed E-state index contributed by atoms with van der Waals surface area (Å²) in [5, 5.41) is 14.5. The van der Waals surface area contributed by atoms with Crippen LogP contribution in [0.1, 0.15) is 63.4 Å². The lowest BCUT2D eigenvalue weighted by molar-refractivity contribution is -0.142. The molecule has 0 unspecified atom stereocenters. The van der Waals surface area contributed by atoms with Crippen molar-refractivity contribution in [2.45, 2.75) is 52.5 Å². The quantitative estimate of drug-likeness (QED) is 0.455. The highest BCUT2D eigenvalue weighted by molar-refractivity contribution is 6.43. The number of halogens is 1. The van der Waals surface area contributed by atoms with Gasteiger partial charge in [0.2, 0.25) is 0 Å². The Labute approximate surface area is 191 Å². The number of aliphatic carboxylic acids is 1. The van der Waals surface area contributed by atoms with E-state index in [1.807, 2.05) is 0 Å². The highest BCUT2D eigenvalue weighted by Crippen LogP contribution is 2.26. The van der Waals surface area contributed by atoms with E-state index in [9.17, 15) is 23.6 Å². The van der Waals surface area contributed by atoms with E-state index in [2.05, 4.69) is 10.6 Å². The van der Waals surface area contributed by atoms with E-state index >= 15 is 0 Å². The third-order valence-electron chi connectivity index (χ3n) is 6.41. The maximum atomic E-state index is 13.5. The van der Waals surface area contributed by atoms with Gasteiger partial charge in [-0.25, -0.2) is 4.39 Å². The zero-order chi connectivity index (χ0) is 24.4. The van der Waals surface area contributed by atoms with Crippen molar-refractivity contribution in [3.05, 3.63) is 52.1 Å². The number of Topliss-reactive ketones (excluding diaryl/α,β-unsaturated/α-hetero) is 1. The van der Waals surface area contributed by atoms with Gasteiger partial charge >= 0.3 is 5.97 Å². The molecule has 1 saturated carbocycles. The largest absolute Gasteiger partial charge is 0.481 e. The molecule has 0 bridgehead atoms. The van der Waals surface area contributed by atoms with Gasteiger partial charge in [0.05, 0.1) is 17.2 Å². The summed E-state index contributed by atoms with van der Waals surface area (Å²) in [5.74, 6) is -3.63. The van der Waals surface area contributed by atoms with Gasteiger partial charge in [-0.3, -0.25) is 19.2 Å². The average Bonchev–Trinajstić information content (AvgIpc) is 2.98. The minimum Gasteiger partial charge on any atom is -0.481 e. The van der Waals surface area contributed by atoms with E-state index in [-0.39, 0.29) is 23.1 Å². The summed E-state index contributed by atoms with van der Waals surface area (Å²) in [4.78, 5) is 49.6. The fourth-order valence-corrected chi connectivity index (χ4v) is 4.39. The summed E-state index contributed by atoms with van der Waals surface area (Å²) in [6, 6.07) is 3.97. The third-order valence-corrected chi connectivity index (χ3v) is 6.41. The van der Waals surface area contributed by atoms with Gasteiger partial charge in [0, 0.05) is 24.5 Å². The normalized spacial score (nSPS) is 18.0. The van der Waals surface area contributed by atoms with Crippen LogP contribution in [0.3, 0.4) is 0 Å². The Morgan fingerprint density at radius 1 is 1.06 bits per heavy atom. The number of carbonyl (C=O) groups is 4. The first-order valence-electron chi connectivity index (χ1n) is 10.8. The van der Waals surface area contributed by atoms with Gasteiger partial charge in [0.1, 0.15) is 5.82 Å². The van der Waals surface area contributed by atoms with Crippen LogP contribution in [0.4, 0.5) is 10.1 Å². The molecular formula is C24H28FN3O5. The van der Waals surface area contributed by atoms with Crippen molar-refractivity contribution in [1.29, 1.82) is 0 Å². The SMILES string of the molecule is Cc1cc(NC(=O)c2c(C)c(C(=O)C(=O)N[C@H]3CC[C@@H](C(=O)O)CC3)n(C)c2C)ccc1F. The number of carbonyl (C=O) groups excluding carboxylic acids is 3. The first-order chi connectivity index (χ1) is 15.5. The van der Waals surface area contributed by atoms with Gasteiger partial charge in [0.25, 0.3) is 17.6 Å². The summed E-state index contributed by atoms with van der Waals surface area (Å²) in [5.41, 5.74) is 2.09. The molecule has 1 heterocycles. The minimum atomic E-state index is -0.840. The molecule has 0 spiro atoms.